The Balaban J connectivity index is 1.82. The van der Waals surface area contributed by atoms with Gasteiger partial charge in [-0.1, -0.05) is 45.0 Å². The van der Waals surface area contributed by atoms with Crippen LogP contribution in [-0.4, -0.2) is 24.3 Å². The van der Waals surface area contributed by atoms with Gasteiger partial charge in [0.15, 0.2) is 0 Å². The topological polar surface area (TPSA) is 87.3 Å². The van der Waals surface area contributed by atoms with Gasteiger partial charge >= 0.3 is 0 Å². The van der Waals surface area contributed by atoms with Crippen molar-refractivity contribution in [2.75, 3.05) is 6.54 Å². The average molecular weight is 371 g/mol. The number of benzene rings is 2. The second-order valence-electron chi connectivity index (χ2n) is 6.99. The number of carbonyl (C=O) groups excluding carboxylic acids is 3. The number of carbonyl (C=O) groups is 3. The third-order valence-electron chi connectivity index (χ3n) is 3.86. The zero-order chi connectivity index (χ0) is 20.0. The van der Waals surface area contributed by atoms with Crippen molar-refractivity contribution in [2.45, 2.75) is 26.2 Å². The van der Waals surface area contributed by atoms with Gasteiger partial charge < -0.3 is 5.32 Å². The molecule has 0 unspecified atom stereocenters. The third-order valence-corrected chi connectivity index (χ3v) is 3.86. The first-order valence-corrected chi connectivity index (χ1v) is 8.41. The van der Waals surface area contributed by atoms with Crippen LogP contribution in [0.25, 0.3) is 0 Å². The Morgan fingerprint density at radius 2 is 1.52 bits per heavy atom. The van der Waals surface area contributed by atoms with Crippen LogP contribution in [0.4, 0.5) is 4.39 Å². The minimum atomic E-state index is -0.787. The predicted octanol–water partition coefficient (Wildman–Crippen LogP) is 2.31. The second kappa shape index (κ2) is 8.44. The van der Waals surface area contributed by atoms with Crippen molar-refractivity contribution in [3.8, 4) is 0 Å². The highest BCUT2D eigenvalue weighted by Gasteiger charge is 2.15. The monoisotopic (exact) mass is 371 g/mol. The molecule has 2 rings (SSSR count). The van der Waals surface area contributed by atoms with E-state index in [2.05, 4.69) is 36.9 Å². The Kier molecular flexibility index (Phi) is 6.28. The fourth-order valence-corrected chi connectivity index (χ4v) is 2.27. The molecule has 2 aromatic rings. The highest BCUT2D eigenvalue weighted by molar-refractivity contribution is 5.98. The van der Waals surface area contributed by atoms with Gasteiger partial charge in [0.25, 0.3) is 17.7 Å². The van der Waals surface area contributed by atoms with Crippen molar-refractivity contribution in [3.63, 3.8) is 0 Å². The Labute approximate surface area is 157 Å². The van der Waals surface area contributed by atoms with E-state index in [1.54, 1.807) is 12.1 Å². The summed E-state index contributed by atoms with van der Waals surface area (Å²) in [6, 6.07) is 12.5. The van der Waals surface area contributed by atoms with Crippen LogP contribution in [-0.2, 0) is 10.2 Å². The van der Waals surface area contributed by atoms with Crippen LogP contribution in [0.1, 0.15) is 47.1 Å². The second-order valence-corrected chi connectivity index (χ2v) is 6.99. The summed E-state index contributed by atoms with van der Waals surface area (Å²) in [5.41, 5.74) is 5.52. The van der Waals surface area contributed by atoms with Gasteiger partial charge in [-0.2, -0.15) is 0 Å². The minimum Gasteiger partial charge on any atom is -0.343 e. The van der Waals surface area contributed by atoms with Crippen LogP contribution in [0.2, 0.25) is 0 Å². The molecule has 3 amide bonds. The molecule has 142 valence electrons. The SMILES string of the molecule is CC(C)(C)c1ccc(C(=O)NCC(=O)NNC(=O)c2ccccc2F)cc1. The lowest BCUT2D eigenvalue weighted by atomic mass is 9.87. The predicted molar refractivity (Wildman–Crippen MR) is 99.5 cm³/mol. The summed E-state index contributed by atoms with van der Waals surface area (Å²) >= 11 is 0. The number of nitrogens with one attached hydrogen (secondary N) is 3. The molecule has 6 nitrogen and oxygen atoms in total. The first kappa shape index (κ1) is 20.1. The summed E-state index contributed by atoms with van der Waals surface area (Å²) in [5, 5.41) is 2.46. The molecular formula is C20H22FN3O3. The fourth-order valence-electron chi connectivity index (χ4n) is 2.27. The molecule has 3 N–H and O–H groups in total. The summed E-state index contributed by atoms with van der Waals surface area (Å²) in [6.07, 6.45) is 0. The van der Waals surface area contributed by atoms with Gasteiger partial charge in [0.05, 0.1) is 12.1 Å². The minimum absolute atomic E-state index is 0.0225. The van der Waals surface area contributed by atoms with Crippen molar-refractivity contribution < 1.29 is 18.8 Å². The standard InChI is InChI=1S/C20H22FN3O3/c1-20(2,3)14-10-8-13(9-11-14)18(26)22-12-17(25)23-24-19(27)15-6-4-5-7-16(15)21/h4-11H,12H2,1-3H3,(H,22,26)(H,23,25)(H,24,27). The lowest BCUT2D eigenvalue weighted by Crippen LogP contribution is -2.46. The van der Waals surface area contributed by atoms with Crippen LogP contribution in [0.15, 0.2) is 48.5 Å². The van der Waals surface area contributed by atoms with E-state index in [9.17, 15) is 18.8 Å². The maximum Gasteiger partial charge on any atom is 0.272 e. The molecule has 7 heteroatoms. The van der Waals surface area contributed by atoms with Crippen molar-refractivity contribution in [1.29, 1.82) is 0 Å². The fraction of sp³-hybridized carbons (Fsp3) is 0.250. The van der Waals surface area contributed by atoms with E-state index in [0.29, 0.717) is 5.56 Å². The van der Waals surface area contributed by atoms with Crippen molar-refractivity contribution in [2.24, 2.45) is 0 Å². The van der Waals surface area contributed by atoms with E-state index < -0.39 is 23.5 Å². The molecule has 0 radical (unpaired) electrons. The number of hydrogen-bond donors (Lipinski definition) is 3. The first-order chi connectivity index (χ1) is 12.7. The Bertz CT molecular complexity index is 842. The zero-order valence-electron chi connectivity index (χ0n) is 15.4. The van der Waals surface area contributed by atoms with Gasteiger partial charge in [-0.25, -0.2) is 4.39 Å². The van der Waals surface area contributed by atoms with Crippen molar-refractivity contribution in [1.82, 2.24) is 16.2 Å². The van der Waals surface area contributed by atoms with E-state index in [0.717, 1.165) is 11.6 Å². The molecule has 0 saturated heterocycles. The molecule has 0 spiro atoms. The average Bonchev–Trinajstić information content (AvgIpc) is 2.64. The Morgan fingerprint density at radius 3 is 2.11 bits per heavy atom. The quantitative estimate of drug-likeness (QED) is 0.721. The van der Waals surface area contributed by atoms with Crippen LogP contribution >= 0.6 is 0 Å². The molecule has 0 heterocycles. The van der Waals surface area contributed by atoms with Gasteiger partial charge in [-0.3, -0.25) is 25.2 Å². The van der Waals surface area contributed by atoms with Gasteiger partial charge in [-0.15, -0.1) is 0 Å². The Hall–Kier alpha value is -3.22. The smallest absolute Gasteiger partial charge is 0.272 e. The van der Waals surface area contributed by atoms with Crippen LogP contribution < -0.4 is 16.2 Å². The van der Waals surface area contributed by atoms with Gasteiger partial charge in [0, 0.05) is 5.56 Å². The lowest BCUT2D eigenvalue weighted by Gasteiger charge is -2.19. The molecule has 0 aliphatic carbocycles. The number of hydrazine groups is 1. The summed E-state index contributed by atoms with van der Waals surface area (Å²) in [6.45, 7) is 5.88. The molecule has 0 atom stereocenters. The molecule has 0 aliphatic rings. The molecular weight excluding hydrogens is 349 g/mol. The largest absolute Gasteiger partial charge is 0.343 e. The highest BCUT2D eigenvalue weighted by Crippen LogP contribution is 2.22. The number of hydrogen-bond acceptors (Lipinski definition) is 3. The molecule has 2 aromatic carbocycles. The van der Waals surface area contributed by atoms with Crippen LogP contribution in [0.5, 0.6) is 0 Å². The number of amides is 3. The summed E-state index contributed by atoms with van der Waals surface area (Å²) in [5.74, 6) is -2.54. The summed E-state index contributed by atoms with van der Waals surface area (Å²) in [4.78, 5) is 35.6. The molecule has 0 fully saturated rings. The van der Waals surface area contributed by atoms with Crippen LogP contribution in [0.3, 0.4) is 0 Å². The molecule has 0 bridgehead atoms. The summed E-state index contributed by atoms with van der Waals surface area (Å²) in [7, 11) is 0. The Morgan fingerprint density at radius 1 is 0.889 bits per heavy atom. The molecule has 0 aliphatic heterocycles. The number of halogens is 1. The van der Waals surface area contributed by atoms with Gasteiger partial charge in [0.2, 0.25) is 0 Å². The van der Waals surface area contributed by atoms with Crippen molar-refractivity contribution >= 4 is 17.7 Å². The van der Waals surface area contributed by atoms with Crippen molar-refractivity contribution in [3.05, 3.63) is 71.0 Å². The van der Waals surface area contributed by atoms with E-state index in [-0.39, 0.29) is 17.5 Å². The highest BCUT2D eigenvalue weighted by atomic mass is 19.1. The molecule has 27 heavy (non-hydrogen) atoms. The van der Waals surface area contributed by atoms with Gasteiger partial charge in [0.1, 0.15) is 5.82 Å². The van der Waals surface area contributed by atoms with E-state index >= 15 is 0 Å². The summed E-state index contributed by atoms with van der Waals surface area (Å²) < 4.78 is 13.5. The van der Waals surface area contributed by atoms with Gasteiger partial charge in [-0.05, 0) is 35.2 Å². The molecule has 0 saturated carbocycles. The zero-order valence-corrected chi connectivity index (χ0v) is 15.4. The first-order valence-electron chi connectivity index (χ1n) is 8.41. The normalized spacial score (nSPS) is 10.8. The maximum absolute atomic E-state index is 13.5. The van der Waals surface area contributed by atoms with Crippen LogP contribution in [0, 0.1) is 5.82 Å². The van der Waals surface area contributed by atoms with E-state index in [1.165, 1.54) is 18.2 Å². The third kappa shape index (κ3) is 5.64. The lowest BCUT2D eigenvalue weighted by molar-refractivity contribution is -0.120. The van der Waals surface area contributed by atoms with E-state index in [1.807, 2.05) is 12.1 Å². The maximum atomic E-state index is 13.5. The van der Waals surface area contributed by atoms with E-state index in [4.69, 9.17) is 0 Å². The number of rotatable bonds is 4. The molecule has 0 aromatic heterocycles.